The summed E-state index contributed by atoms with van der Waals surface area (Å²) >= 11 is 5.96. The minimum absolute atomic E-state index is 0.0158. The number of halogens is 2. The van der Waals surface area contributed by atoms with Crippen LogP contribution in [0.15, 0.2) is 28.7 Å². The number of urea groups is 1. The summed E-state index contributed by atoms with van der Waals surface area (Å²) in [5.41, 5.74) is 0.543. The third kappa shape index (κ3) is 4.51. The number of benzene rings is 1. The molecular formula is C17H18ClFN2O4. The molecule has 6 nitrogen and oxygen atoms in total. The third-order valence-corrected chi connectivity index (χ3v) is 3.95. The molecule has 0 saturated heterocycles. The van der Waals surface area contributed by atoms with Crippen LogP contribution in [0.25, 0.3) is 0 Å². The lowest BCUT2D eigenvalue weighted by Crippen LogP contribution is -2.36. The van der Waals surface area contributed by atoms with Gasteiger partial charge in [-0.25, -0.2) is 14.0 Å². The highest BCUT2D eigenvalue weighted by Gasteiger charge is 2.17. The molecule has 1 aromatic carbocycles. The quantitative estimate of drug-likeness (QED) is 0.820. The van der Waals surface area contributed by atoms with Crippen molar-refractivity contribution in [3.63, 3.8) is 0 Å². The zero-order chi connectivity index (χ0) is 18.6. The van der Waals surface area contributed by atoms with Crippen molar-refractivity contribution < 1.29 is 23.1 Å². The molecule has 8 heteroatoms. The van der Waals surface area contributed by atoms with Gasteiger partial charge in [-0.2, -0.15) is 0 Å². The summed E-state index contributed by atoms with van der Waals surface area (Å²) in [5.74, 6) is -0.173. The molecule has 2 aromatic rings. The smallest absolute Gasteiger partial charge is 0.341 e. The van der Waals surface area contributed by atoms with E-state index >= 15 is 0 Å². The second kappa shape index (κ2) is 8.02. The molecule has 1 aromatic heterocycles. The van der Waals surface area contributed by atoms with E-state index in [0.29, 0.717) is 17.1 Å². The molecule has 0 aliphatic carbocycles. The number of nitrogens with zero attached hydrogens (tertiary/aromatic N) is 1. The van der Waals surface area contributed by atoms with Gasteiger partial charge in [0.2, 0.25) is 0 Å². The van der Waals surface area contributed by atoms with Crippen molar-refractivity contribution >= 4 is 23.6 Å². The van der Waals surface area contributed by atoms with Gasteiger partial charge in [0.05, 0.1) is 20.2 Å². The Morgan fingerprint density at radius 1 is 1.40 bits per heavy atom. The predicted octanol–water partition coefficient (Wildman–Crippen LogP) is 3.51. The maximum absolute atomic E-state index is 13.8. The lowest BCUT2D eigenvalue weighted by Gasteiger charge is -2.18. The molecule has 0 bridgehead atoms. The number of methoxy groups -OCH3 is 1. The third-order valence-electron chi connectivity index (χ3n) is 3.59. The van der Waals surface area contributed by atoms with E-state index in [1.165, 1.54) is 37.3 Å². The highest BCUT2D eigenvalue weighted by molar-refractivity contribution is 6.31. The zero-order valence-electron chi connectivity index (χ0n) is 14.1. The summed E-state index contributed by atoms with van der Waals surface area (Å²) in [4.78, 5) is 25.0. The van der Waals surface area contributed by atoms with Crippen LogP contribution in [-0.2, 0) is 17.8 Å². The number of amides is 2. The van der Waals surface area contributed by atoms with Crippen molar-refractivity contribution in [2.24, 2.45) is 0 Å². The van der Waals surface area contributed by atoms with E-state index in [1.54, 1.807) is 13.0 Å². The molecule has 2 rings (SSSR count). The number of aryl methyl sites for hydroxylation is 1. The summed E-state index contributed by atoms with van der Waals surface area (Å²) in [6.45, 7) is 1.72. The Morgan fingerprint density at radius 2 is 2.12 bits per heavy atom. The van der Waals surface area contributed by atoms with Gasteiger partial charge in [-0.15, -0.1) is 0 Å². The number of carbonyl (C=O) groups excluding carboxylic acids is 2. The summed E-state index contributed by atoms with van der Waals surface area (Å²) < 4.78 is 23.8. The van der Waals surface area contributed by atoms with Gasteiger partial charge < -0.3 is 19.4 Å². The van der Waals surface area contributed by atoms with Gasteiger partial charge in [0.15, 0.2) is 0 Å². The van der Waals surface area contributed by atoms with Gasteiger partial charge in [0.1, 0.15) is 22.9 Å². The molecule has 0 fully saturated rings. The van der Waals surface area contributed by atoms with Crippen LogP contribution in [-0.4, -0.2) is 31.1 Å². The SMILES string of the molecule is COC(=O)c1cc(CNC(=O)N(C)Cc2c(F)cccc2Cl)oc1C. The van der Waals surface area contributed by atoms with Crippen LogP contribution < -0.4 is 5.32 Å². The average Bonchev–Trinajstić information content (AvgIpc) is 2.96. The number of ether oxygens (including phenoxy) is 1. The molecule has 0 atom stereocenters. The molecule has 0 radical (unpaired) electrons. The van der Waals surface area contributed by atoms with Crippen molar-refractivity contribution in [2.75, 3.05) is 14.2 Å². The van der Waals surface area contributed by atoms with Crippen LogP contribution in [0.2, 0.25) is 5.02 Å². The van der Waals surface area contributed by atoms with E-state index in [1.807, 2.05) is 0 Å². The van der Waals surface area contributed by atoms with Gasteiger partial charge in [0, 0.05) is 17.6 Å². The first kappa shape index (κ1) is 18.8. The normalized spacial score (nSPS) is 10.4. The fourth-order valence-corrected chi connectivity index (χ4v) is 2.46. The molecule has 0 unspecified atom stereocenters. The Labute approximate surface area is 149 Å². The van der Waals surface area contributed by atoms with Gasteiger partial charge in [-0.05, 0) is 25.1 Å². The Hall–Kier alpha value is -2.54. The number of furan rings is 1. The van der Waals surface area contributed by atoms with Gasteiger partial charge in [-0.3, -0.25) is 0 Å². The molecular weight excluding hydrogens is 351 g/mol. The van der Waals surface area contributed by atoms with Crippen LogP contribution in [0.5, 0.6) is 0 Å². The molecule has 1 heterocycles. The molecule has 2 amide bonds. The summed E-state index contributed by atoms with van der Waals surface area (Å²) in [7, 11) is 2.80. The number of esters is 1. The monoisotopic (exact) mass is 368 g/mol. The fraction of sp³-hybridized carbons (Fsp3) is 0.294. The molecule has 0 aliphatic rings. The van der Waals surface area contributed by atoms with E-state index in [2.05, 4.69) is 10.1 Å². The van der Waals surface area contributed by atoms with Crippen LogP contribution in [0, 0.1) is 12.7 Å². The fourth-order valence-electron chi connectivity index (χ4n) is 2.23. The zero-order valence-corrected chi connectivity index (χ0v) is 14.8. The van der Waals surface area contributed by atoms with Crippen molar-refractivity contribution in [3.8, 4) is 0 Å². The highest BCUT2D eigenvalue weighted by Crippen LogP contribution is 2.20. The van der Waals surface area contributed by atoms with Crippen LogP contribution >= 0.6 is 11.6 Å². The first-order chi connectivity index (χ1) is 11.8. The summed E-state index contributed by atoms with van der Waals surface area (Å²) in [6, 6.07) is 5.42. The van der Waals surface area contributed by atoms with Crippen LogP contribution in [0.4, 0.5) is 9.18 Å². The Balaban J connectivity index is 1.97. The predicted molar refractivity (Wildman–Crippen MR) is 89.9 cm³/mol. The first-order valence-corrected chi connectivity index (χ1v) is 7.80. The van der Waals surface area contributed by atoms with Crippen molar-refractivity contribution in [3.05, 3.63) is 57.8 Å². The summed E-state index contributed by atoms with van der Waals surface area (Å²) in [6.07, 6.45) is 0. The average molecular weight is 369 g/mol. The largest absolute Gasteiger partial charge is 0.465 e. The Morgan fingerprint density at radius 3 is 2.76 bits per heavy atom. The number of rotatable bonds is 5. The Kier molecular flexibility index (Phi) is 6.03. The van der Waals surface area contributed by atoms with E-state index in [9.17, 15) is 14.0 Å². The minimum Gasteiger partial charge on any atom is -0.465 e. The molecule has 25 heavy (non-hydrogen) atoms. The molecule has 0 saturated carbocycles. The first-order valence-electron chi connectivity index (χ1n) is 7.43. The van der Waals surface area contributed by atoms with E-state index in [0.717, 1.165) is 0 Å². The molecule has 134 valence electrons. The molecule has 0 aliphatic heterocycles. The second-order valence-electron chi connectivity index (χ2n) is 5.39. The van der Waals surface area contributed by atoms with E-state index in [-0.39, 0.29) is 23.7 Å². The second-order valence-corrected chi connectivity index (χ2v) is 5.80. The minimum atomic E-state index is -0.509. The van der Waals surface area contributed by atoms with Crippen molar-refractivity contribution in [2.45, 2.75) is 20.0 Å². The van der Waals surface area contributed by atoms with E-state index < -0.39 is 17.8 Å². The number of carbonyl (C=O) groups is 2. The van der Waals surface area contributed by atoms with Gasteiger partial charge >= 0.3 is 12.0 Å². The number of nitrogens with one attached hydrogen (secondary N) is 1. The van der Waals surface area contributed by atoms with Crippen LogP contribution in [0.1, 0.15) is 27.4 Å². The molecule has 0 spiro atoms. The number of hydrogen-bond donors (Lipinski definition) is 1. The maximum Gasteiger partial charge on any atom is 0.341 e. The van der Waals surface area contributed by atoms with Crippen LogP contribution in [0.3, 0.4) is 0 Å². The summed E-state index contributed by atoms with van der Waals surface area (Å²) in [5, 5.41) is 2.88. The van der Waals surface area contributed by atoms with Crippen molar-refractivity contribution in [1.29, 1.82) is 0 Å². The van der Waals surface area contributed by atoms with Gasteiger partial charge in [-0.1, -0.05) is 17.7 Å². The van der Waals surface area contributed by atoms with Gasteiger partial charge in [0.25, 0.3) is 0 Å². The standard InChI is InChI=1S/C17H18ClFN2O4/c1-10-12(16(22)24-3)7-11(25-10)8-20-17(23)21(2)9-13-14(18)5-4-6-15(13)19/h4-7H,8-9H2,1-3H3,(H,20,23). The molecule has 1 N–H and O–H groups in total. The van der Waals surface area contributed by atoms with Crippen molar-refractivity contribution in [1.82, 2.24) is 10.2 Å². The highest BCUT2D eigenvalue weighted by atomic mass is 35.5. The Bertz CT molecular complexity index is 771. The van der Waals surface area contributed by atoms with E-state index in [4.69, 9.17) is 16.0 Å². The lowest BCUT2D eigenvalue weighted by molar-refractivity contribution is 0.0598. The maximum atomic E-state index is 13.8. The topological polar surface area (TPSA) is 71.8 Å². The lowest BCUT2D eigenvalue weighted by atomic mass is 10.2. The number of hydrogen-bond acceptors (Lipinski definition) is 4.